The number of esters is 1. The van der Waals surface area contributed by atoms with Crippen LogP contribution in [0.5, 0.6) is 0 Å². The zero-order chi connectivity index (χ0) is 13.4. The summed E-state index contributed by atoms with van der Waals surface area (Å²) in [5.41, 5.74) is 1.14. The lowest BCUT2D eigenvalue weighted by Gasteiger charge is -2.33. The predicted molar refractivity (Wildman–Crippen MR) is 73.2 cm³/mol. The summed E-state index contributed by atoms with van der Waals surface area (Å²) < 4.78 is 6.23. The summed E-state index contributed by atoms with van der Waals surface area (Å²) in [6.07, 6.45) is 1.55. The lowest BCUT2D eigenvalue weighted by atomic mass is 9.67. The number of hydrogen-bond acceptors (Lipinski definition) is 3. The zero-order valence-corrected chi connectivity index (χ0v) is 12.0. The number of nitriles is 1. The second-order valence-corrected chi connectivity index (χ2v) is 6.29. The number of halogens is 1. The molecule has 1 aliphatic heterocycles. The van der Waals surface area contributed by atoms with Gasteiger partial charge < -0.3 is 4.74 Å². The van der Waals surface area contributed by atoms with Crippen LogP contribution >= 0.6 is 15.9 Å². The molecule has 98 valence electrons. The van der Waals surface area contributed by atoms with Crippen LogP contribution in [0.2, 0.25) is 0 Å². The number of benzene rings is 1. The van der Waals surface area contributed by atoms with Crippen molar-refractivity contribution < 1.29 is 9.53 Å². The van der Waals surface area contributed by atoms with Crippen LogP contribution in [0.3, 0.4) is 0 Å². The van der Waals surface area contributed by atoms with Crippen LogP contribution in [0.4, 0.5) is 0 Å². The first-order valence-electron chi connectivity index (χ1n) is 6.50. The number of carbonyl (C=O) groups excluding carboxylic acids is 1. The van der Waals surface area contributed by atoms with Gasteiger partial charge in [0.15, 0.2) is 0 Å². The van der Waals surface area contributed by atoms with E-state index >= 15 is 0 Å². The van der Waals surface area contributed by atoms with Crippen molar-refractivity contribution >= 4 is 21.9 Å². The van der Waals surface area contributed by atoms with E-state index in [0.29, 0.717) is 6.61 Å². The van der Waals surface area contributed by atoms with Crippen LogP contribution in [-0.2, 0) is 9.53 Å². The van der Waals surface area contributed by atoms with E-state index in [1.807, 2.05) is 24.3 Å². The van der Waals surface area contributed by atoms with Crippen molar-refractivity contribution in [3.05, 3.63) is 34.3 Å². The van der Waals surface area contributed by atoms with Gasteiger partial charge in [-0.05, 0) is 36.5 Å². The highest BCUT2D eigenvalue weighted by Crippen LogP contribution is 2.47. The Morgan fingerprint density at radius 3 is 2.68 bits per heavy atom. The van der Waals surface area contributed by atoms with Crippen LogP contribution in [0.15, 0.2) is 28.7 Å². The summed E-state index contributed by atoms with van der Waals surface area (Å²) in [5.74, 6) is 0.204. The minimum Gasteiger partial charge on any atom is -0.465 e. The van der Waals surface area contributed by atoms with Gasteiger partial charge in [-0.25, -0.2) is 0 Å². The second-order valence-electron chi connectivity index (χ2n) is 5.37. The van der Waals surface area contributed by atoms with Gasteiger partial charge >= 0.3 is 5.97 Å². The Morgan fingerprint density at radius 2 is 2.00 bits per heavy atom. The fourth-order valence-corrected chi connectivity index (χ4v) is 3.63. The summed E-state index contributed by atoms with van der Waals surface area (Å²) >= 11 is 3.42. The number of cyclic esters (lactones) is 1. The molecule has 4 heteroatoms. The number of ether oxygens (including phenoxy) is 1. The minimum atomic E-state index is -0.0886. The van der Waals surface area contributed by atoms with Crippen LogP contribution in [-0.4, -0.2) is 12.6 Å². The molecule has 3 rings (SSSR count). The molecular weight excluding hydrogens is 306 g/mol. The van der Waals surface area contributed by atoms with Crippen molar-refractivity contribution in [1.82, 2.24) is 0 Å². The molecule has 0 spiro atoms. The Morgan fingerprint density at radius 1 is 1.26 bits per heavy atom. The van der Waals surface area contributed by atoms with Gasteiger partial charge in [0.1, 0.15) is 0 Å². The van der Waals surface area contributed by atoms with Crippen LogP contribution in [0.1, 0.15) is 24.3 Å². The molecule has 1 aliphatic carbocycles. The topological polar surface area (TPSA) is 50.1 Å². The molecule has 1 heterocycles. The van der Waals surface area contributed by atoms with Crippen molar-refractivity contribution in [1.29, 1.82) is 5.26 Å². The Bertz CT molecular complexity index is 534. The molecule has 0 amide bonds. The standard InChI is InChI=1S/C15H14BrNO2/c16-12-3-1-10(2-4-12)13-6-9(7-17)5-11-8-19-15(18)14(11)13/h1-4,9,11,13-14H,5-6,8H2/t9?,11?,13-,14-/m1/s1. The summed E-state index contributed by atoms with van der Waals surface area (Å²) in [6, 6.07) is 10.4. The largest absolute Gasteiger partial charge is 0.465 e. The highest BCUT2D eigenvalue weighted by molar-refractivity contribution is 9.10. The van der Waals surface area contributed by atoms with Gasteiger partial charge in [-0.3, -0.25) is 4.79 Å². The summed E-state index contributed by atoms with van der Waals surface area (Å²) in [6.45, 7) is 0.481. The lowest BCUT2D eigenvalue weighted by molar-refractivity contribution is -0.142. The first kappa shape index (κ1) is 12.7. The molecule has 1 saturated carbocycles. The van der Waals surface area contributed by atoms with Crippen LogP contribution < -0.4 is 0 Å². The van der Waals surface area contributed by atoms with E-state index in [0.717, 1.165) is 22.9 Å². The number of carbonyl (C=O) groups is 1. The van der Waals surface area contributed by atoms with Crippen molar-refractivity contribution in [3.8, 4) is 6.07 Å². The summed E-state index contributed by atoms with van der Waals surface area (Å²) in [5, 5.41) is 9.20. The molecule has 2 unspecified atom stereocenters. The molecular formula is C15H14BrNO2. The molecule has 0 bridgehead atoms. The molecule has 1 aromatic rings. The first-order valence-corrected chi connectivity index (χ1v) is 7.30. The Hall–Kier alpha value is -1.34. The van der Waals surface area contributed by atoms with E-state index in [1.165, 1.54) is 0 Å². The third-order valence-corrected chi connectivity index (χ3v) is 4.79. The lowest BCUT2D eigenvalue weighted by Crippen LogP contribution is -2.32. The quantitative estimate of drug-likeness (QED) is 0.746. The molecule has 0 aromatic heterocycles. The molecule has 0 radical (unpaired) electrons. The number of fused-ring (bicyclic) bond motifs is 1. The average molecular weight is 320 g/mol. The highest BCUT2D eigenvalue weighted by atomic mass is 79.9. The van der Waals surface area contributed by atoms with Crippen molar-refractivity contribution in [3.63, 3.8) is 0 Å². The minimum absolute atomic E-state index is 0.0318. The number of rotatable bonds is 1. The van der Waals surface area contributed by atoms with E-state index < -0.39 is 0 Å². The SMILES string of the molecule is N#CC1CC2COC(=O)[C@H]2[C@@H](c2ccc(Br)cc2)C1. The third-order valence-electron chi connectivity index (χ3n) is 4.26. The monoisotopic (exact) mass is 319 g/mol. The smallest absolute Gasteiger partial charge is 0.309 e. The zero-order valence-electron chi connectivity index (χ0n) is 10.4. The van der Waals surface area contributed by atoms with Crippen molar-refractivity contribution in [2.75, 3.05) is 6.61 Å². The van der Waals surface area contributed by atoms with Gasteiger partial charge in [0.25, 0.3) is 0 Å². The maximum Gasteiger partial charge on any atom is 0.309 e. The third kappa shape index (κ3) is 2.28. The molecule has 4 atom stereocenters. The Balaban J connectivity index is 1.94. The molecule has 0 N–H and O–H groups in total. The molecule has 1 aromatic carbocycles. The maximum absolute atomic E-state index is 11.9. The summed E-state index contributed by atoms with van der Waals surface area (Å²) in [7, 11) is 0. The van der Waals surface area contributed by atoms with E-state index in [4.69, 9.17) is 4.74 Å². The maximum atomic E-state index is 11.9. The Labute approximate surface area is 120 Å². The van der Waals surface area contributed by atoms with Gasteiger partial charge in [0.05, 0.1) is 18.6 Å². The van der Waals surface area contributed by atoms with Gasteiger partial charge in [0.2, 0.25) is 0 Å². The predicted octanol–water partition coefficient (Wildman–Crippen LogP) is 3.26. The van der Waals surface area contributed by atoms with Gasteiger partial charge in [-0.2, -0.15) is 5.26 Å². The fourth-order valence-electron chi connectivity index (χ4n) is 3.36. The van der Waals surface area contributed by atoms with E-state index in [-0.39, 0.29) is 29.6 Å². The normalized spacial score (nSPS) is 33.4. The number of hydrogen-bond donors (Lipinski definition) is 0. The molecule has 2 fully saturated rings. The number of nitrogens with zero attached hydrogens (tertiary/aromatic N) is 1. The van der Waals surface area contributed by atoms with Crippen molar-refractivity contribution in [2.24, 2.45) is 17.8 Å². The van der Waals surface area contributed by atoms with Gasteiger partial charge in [0, 0.05) is 16.3 Å². The average Bonchev–Trinajstić information content (AvgIpc) is 2.80. The van der Waals surface area contributed by atoms with Crippen molar-refractivity contribution in [2.45, 2.75) is 18.8 Å². The summed E-state index contributed by atoms with van der Waals surface area (Å²) in [4.78, 5) is 11.9. The molecule has 2 aliphatic rings. The van der Waals surface area contributed by atoms with E-state index in [1.54, 1.807) is 0 Å². The van der Waals surface area contributed by atoms with Crippen LogP contribution in [0.25, 0.3) is 0 Å². The van der Waals surface area contributed by atoms with E-state index in [9.17, 15) is 10.1 Å². The molecule has 3 nitrogen and oxygen atoms in total. The highest BCUT2D eigenvalue weighted by Gasteiger charge is 2.47. The molecule has 19 heavy (non-hydrogen) atoms. The van der Waals surface area contributed by atoms with Crippen LogP contribution in [0, 0.1) is 29.1 Å². The van der Waals surface area contributed by atoms with Gasteiger partial charge in [-0.1, -0.05) is 28.1 Å². The van der Waals surface area contributed by atoms with E-state index in [2.05, 4.69) is 22.0 Å². The second kappa shape index (κ2) is 4.97. The first-order chi connectivity index (χ1) is 9.19. The van der Waals surface area contributed by atoms with Gasteiger partial charge in [-0.15, -0.1) is 0 Å². The molecule has 1 saturated heterocycles. The Kier molecular flexibility index (Phi) is 3.32. The fraction of sp³-hybridized carbons (Fsp3) is 0.467.